The standard InChI is InChI=1S/C23H24N2O6S/c1-3-29-19-12-16(6-9-18(19)31-14-21(24)26)13-20-22(27)25(23(28)32-20)10-11-30-17-7-4-15(2)5-8-17/h4-9,12-13H,3,10-11,14H2,1-2H3,(H2,24,26)/b20-13-. The summed E-state index contributed by atoms with van der Waals surface area (Å²) >= 11 is 0.872. The van der Waals surface area contributed by atoms with Gasteiger partial charge in [-0.1, -0.05) is 23.8 Å². The molecular formula is C23H24N2O6S. The highest BCUT2D eigenvalue weighted by molar-refractivity contribution is 8.18. The number of aryl methyl sites for hydroxylation is 1. The van der Waals surface area contributed by atoms with Gasteiger partial charge in [0.05, 0.1) is 18.1 Å². The Morgan fingerprint density at radius 2 is 1.81 bits per heavy atom. The maximum Gasteiger partial charge on any atom is 0.293 e. The van der Waals surface area contributed by atoms with Gasteiger partial charge in [-0.05, 0) is 61.5 Å². The first-order valence-corrected chi connectivity index (χ1v) is 10.8. The number of ether oxygens (including phenoxy) is 3. The third-order valence-electron chi connectivity index (χ3n) is 4.41. The highest BCUT2D eigenvalue weighted by atomic mass is 32.2. The summed E-state index contributed by atoms with van der Waals surface area (Å²) in [6.07, 6.45) is 1.62. The minimum Gasteiger partial charge on any atom is -0.492 e. The molecule has 2 N–H and O–H groups in total. The molecule has 1 aliphatic heterocycles. The number of carbonyl (C=O) groups excluding carboxylic acids is 3. The van der Waals surface area contributed by atoms with Crippen LogP contribution in [0.5, 0.6) is 17.2 Å². The molecular weight excluding hydrogens is 432 g/mol. The van der Waals surface area contributed by atoms with Crippen LogP contribution in [-0.2, 0) is 9.59 Å². The van der Waals surface area contributed by atoms with Crippen LogP contribution >= 0.6 is 11.8 Å². The summed E-state index contributed by atoms with van der Waals surface area (Å²) in [6.45, 7) is 4.26. The molecule has 3 rings (SSSR count). The third kappa shape index (κ3) is 6.04. The zero-order valence-corrected chi connectivity index (χ0v) is 18.6. The van der Waals surface area contributed by atoms with E-state index in [0.29, 0.717) is 34.3 Å². The first-order valence-electron chi connectivity index (χ1n) is 10.00. The van der Waals surface area contributed by atoms with Crippen molar-refractivity contribution in [1.29, 1.82) is 0 Å². The number of nitrogens with zero attached hydrogens (tertiary/aromatic N) is 1. The van der Waals surface area contributed by atoms with Crippen LogP contribution in [0.1, 0.15) is 18.1 Å². The lowest BCUT2D eigenvalue weighted by atomic mass is 10.2. The Bertz CT molecular complexity index is 1040. The van der Waals surface area contributed by atoms with Crippen LogP contribution in [0.3, 0.4) is 0 Å². The van der Waals surface area contributed by atoms with Crippen LogP contribution in [0.4, 0.5) is 4.79 Å². The van der Waals surface area contributed by atoms with E-state index in [1.807, 2.05) is 38.1 Å². The number of hydrogen-bond acceptors (Lipinski definition) is 7. The number of rotatable bonds is 10. The molecule has 0 bridgehead atoms. The summed E-state index contributed by atoms with van der Waals surface area (Å²) < 4.78 is 16.5. The number of nitrogens with two attached hydrogens (primary N) is 1. The van der Waals surface area contributed by atoms with E-state index in [1.165, 1.54) is 4.90 Å². The van der Waals surface area contributed by atoms with E-state index in [-0.39, 0.29) is 30.9 Å². The van der Waals surface area contributed by atoms with Gasteiger partial charge in [0.1, 0.15) is 12.4 Å². The lowest BCUT2D eigenvalue weighted by Crippen LogP contribution is -2.32. The van der Waals surface area contributed by atoms with Crippen LogP contribution < -0.4 is 19.9 Å². The van der Waals surface area contributed by atoms with Crippen molar-refractivity contribution in [3.63, 3.8) is 0 Å². The molecule has 1 aliphatic rings. The van der Waals surface area contributed by atoms with Crippen LogP contribution in [0.2, 0.25) is 0 Å². The van der Waals surface area contributed by atoms with Crippen LogP contribution in [0.15, 0.2) is 47.4 Å². The summed E-state index contributed by atoms with van der Waals surface area (Å²) in [5.74, 6) is 0.480. The van der Waals surface area contributed by atoms with Gasteiger partial charge >= 0.3 is 0 Å². The van der Waals surface area contributed by atoms with Gasteiger partial charge in [0, 0.05) is 0 Å². The number of imide groups is 1. The van der Waals surface area contributed by atoms with E-state index in [4.69, 9.17) is 19.9 Å². The predicted octanol–water partition coefficient (Wildman–Crippen LogP) is 3.37. The Kier molecular flexibility index (Phi) is 7.77. The second-order valence-electron chi connectivity index (χ2n) is 6.89. The van der Waals surface area contributed by atoms with Crippen LogP contribution in [0, 0.1) is 6.92 Å². The number of thioether (sulfide) groups is 1. The van der Waals surface area contributed by atoms with E-state index >= 15 is 0 Å². The summed E-state index contributed by atoms with van der Waals surface area (Å²) in [6, 6.07) is 12.5. The van der Waals surface area contributed by atoms with Crippen molar-refractivity contribution in [3.8, 4) is 17.2 Å². The van der Waals surface area contributed by atoms with Gasteiger partial charge in [-0.2, -0.15) is 0 Å². The maximum absolute atomic E-state index is 12.7. The minimum atomic E-state index is -0.600. The molecule has 3 amide bonds. The SMILES string of the molecule is CCOc1cc(/C=C2\SC(=O)N(CCOc3ccc(C)cc3)C2=O)ccc1OCC(N)=O. The molecule has 1 heterocycles. The highest BCUT2D eigenvalue weighted by Gasteiger charge is 2.34. The van der Waals surface area contributed by atoms with Crippen molar-refractivity contribution in [2.75, 3.05) is 26.4 Å². The molecule has 0 unspecified atom stereocenters. The molecule has 32 heavy (non-hydrogen) atoms. The van der Waals surface area contributed by atoms with Crippen molar-refractivity contribution in [1.82, 2.24) is 4.90 Å². The molecule has 2 aromatic carbocycles. The van der Waals surface area contributed by atoms with Crippen LogP contribution in [-0.4, -0.2) is 48.3 Å². The molecule has 1 fully saturated rings. The van der Waals surface area contributed by atoms with Crippen molar-refractivity contribution >= 4 is 34.9 Å². The second-order valence-corrected chi connectivity index (χ2v) is 7.88. The Morgan fingerprint density at radius 1 is 1.06 bits per heavy atom. The quantitative estimate of drug-likeness (QED) is 0.546. The summed E-state index contributed by atoms with van der Waals surface area (Å²) in [5, 5.41) is -0.347. The molecule has 0 spiro atoms. The van der Waals surface area contributed by atoms with Gasteiger partial charge in [0.15, 0.2) is 18.1 Å². The molecule has 1 saturated heterocycles. The number of primary amides is 1. The van der Waals surface area contributed by atoms with Crippen molar-refractivity contribution < 1.29 is 28.6 Å². The fraction of sp³-hybridized carbons (Fsp3) is 0.261. The van der Waals surface area contributed by atoms with Gasteiger partial charge in [-0.15, -0.1) is 0 Å². The fourth-order valence-corrected chi connectivity index (χ4v) is 3.75. The van der Waals surface area contributed by atoms with Crippen molar-refractivity contribution in [3.05, 3.63) is 58.5 Å². The summed E-state index contributed by atoms with van der Waals surface area (Å²) in [7, 11) is 0. The number of hydrogen-bond donors (Lipinski definition) is 1. The molecule has 8 nitrogen and oxygen atoms in total. The maximum atomic E-state index is 12.7. The number of carbonyl (C=O) groups is 3. The smallest absolute Gasteiger partial charge is 0.293 e. The number of benzene rings is 2. The van der Waals surface area contributed by atoms with E-state index in [2.05, 4.69) is 0 Å². The average Bonchev–Trinajstić information content (AvgIpc) is 3.02. The van der Waals surface area contributed by atoms with Gasteiger partial charge in [0.2, 0.25) is 0 Å². The minimum absolute atomic E-state index is 0.153. The first-order chi connectivity index (χ1) is 15.4. The van der Waals surface area contributed by atoms with E-state index in [9.17, 15) is 14.4 Å². The molecule has 0 saturated carbocycles. The predicted molar refractivity (Wildman–Crippen MR) is 122 cm³/mol. The zero-order chi connectivity index (χ0) is 23.1. The lowest BCUT2D eigenvalue weighted by Gasteiger charge is -2.13. The Hall–Kier alpha value is -3.46. The van der Waals surface area contributed by atoms with E-state index in [1.54, 1.807) is 24.3 Å². The molecule has 0 aliphatic carbocycles. The molecule has 168 valence electrons. The van der Waals surface area contributed by atoms with E-state index < -0.39 is 5.91 Å². The second kappa shape index (κ2) is 10.7. The van der Waals surface area contributed by atoms with Gasteiger partial charge < -0.3 is 19.9 Å². The van der Waals surface area contributed by atoms with Crippen LogP contribution in [0.25, 0.3) is 6.08 Å². The highest BCUT2D eigenvalue weighted by Crippen LogP contribution is 2.34. The molecule has 0 atom stereocenters. The molecule has 2 aromatic rings. The monoisotopic (exact) mass is 456 g/mol. The van der Waals surface area contributed by atoms with Gasteiger partial charge in [0.25, 0.3) is 17.1 Å². The Labute approximate surface area is 190 Å². The lowest BCUT2D eigenvalue weighted by molar-refractivity contribution is -0.123. The first kappa shape index (κ1) is 23.2. The topological polar surface area (TPSA) is 108 Å². The Morgan fingerprint density at radius 3 is 2.50 bits per heavy atom. The van der Waals surface area contributed by atoms with Gasteiger partial charge in [-0.3, -0.25) is 19.3 Å². The van der Waals surface area contributed by atoms with Gasteiger partial charge in [-0.25, -0.2) is 0 Å². The largest absolute Gasteiger partial charge is 0.492 e. The Balaban J connectivity index is 1.67. The summed E-state index contributed by atoms with van der Waals surface area (Å²) in [4.78, 5) is 37.5. The van der Waals surface area contributed by atoms with Crippen molar-refractivity contribution in [2.24, 2.45) is 5.73 Å². The normalized spacial score (nSPS) is 14.7. The number of amides is 3. The molecule has 0 aromatic heterocycles. The van der Waals surface area contributed by atoms with E-state index in [0.717, 1.165) is 17.3 Å². The zero-order valence-electron chi connectivity index (χ0n) is 17.8. The molecule has 0 radical (unpaired) electrons. The fourth-order valence-electron chi connectivity index (χ4n) is 2.88. The average molecular weight is 457 g/mol. The third-order valence-corrected chi connectivity index (χ3v) is 5.32. The van der Waals surface area contributed by atoms with Crippen molar-refractivity contribution in [2.45, 2.75) is 13.8 Å². The molecule has 9 heteroatoms. The summed E-state index contributed by atoms with van der Waals surface area (Å²) in [5.41, 5.74) is 6.89.